The Morgan fingerprint density at radius 2 is 1.88 bits per heavy atom. The van der Waals surface area contributed by atoms with Crippen LogP contribution in [0.25, 0.3) is 0 Å². The molecule has 0 radical (unpaired) electrons. The predicted molar refractivity (Wildman–Crippen MR) is 99.6 cm³/mol. The van der Waals surface area contributed by atoms with Gasteiger partial charge in [-0.2, -0.15) is 0 Å². The van der Waals surface area contributed by atoms with Crippen molar-refractivity contribution in [3.8, 4) is 0 Å². The van der Waals surface area contributed by atoms with Gasteiger partial charge < -0.3 is 14.8 Å². The van der Waals surface area contributed by atoms with Crippen LogP contribution in [-0.2, 0) is 16.1 Å². The third-order valence-corrected chi connectivity index (χ3v) is 5.35. The van der Waals surface area contributed by atoms with Crippen LogP contribution in [0.5, 0.6) is 0 Å². The summed E-state index contributed by atoms with van der Waals surface area (Å²) in [6.45, 7) is 3.55. The van der Waals surface area contributed by atoms with E-state index >= 15 is 0 Å². The van der Waals surface area contributed by atoms with Gasteiger partial charge in [0.1, 0.15) is 0 Å². The van der Waals surface area contributed by atoms with Gasteiger partial charge in [-0.05, 0) is 43.0 Å². The smallest absolute Gasteiger partial charge is 0.223 e. The van der Waals surface area contributed by atoms with Gasteiger partial charge in [0.05, 0.1) is 6.04 Å². The third kappa shape index (κ3) is 3.39. The number of carbonyl (C=O) groups excluding carboxylic acids is 2. The first-order chi connectivity index (χ1) is 12.6. The number of fused-ring (bicyclic) bond motifs is 1. The zero-order valence-corrected chi connectivity index (χ0v) is 15.1. The van der Waals surface area contributed by atoms with E-state index in [-0.39, 0.29) is 30.7 Å². The molecule has 1 aromatic carbocycles. The summed E-state index contributed by atoms with van der Waals surface area (Å²) in [5.74, 6) is 0.0466. The Balaban J connectivity index is 1.54. The summed E-state index contributed by atoms with van der Waals surface area (Å²) in [6.07, 6.45) is 4.75. The van der Waals surface area contributed by atoms with Crippen molar-refractivity contribution in [3.05, 3.63) is 59.4 Å². The Labute approximate surface area is 154 Å². The van der Waals surface area contributed by atoms with Crippen LogP contribution in [0.2, 0.25) is 0 Å². The molecule has 2 heterocycles. The van der Waals surface area contributed by atoms with E-state index in [1.807, 2.05) is 23.1 Å². The van der Waals surface area contributed by atoms with Crippen LogP contribution in [0.4, 0.5) is 0 Å². The molecule has 0 bridgehead atoms. The second-order valence-electron chi connectivity index (χ2n) is 7.31. The molecule has 0 saturated heterocycles. The maximum Gasteiger partial charge on any atom is 0.223 e. The summed E-state index contributed by atoms with van der Waals surface area (Å²) in [5.41, 5.74) is 3.47. The van der Waals surface area contributed by atoms with E-state index in [4.69, 9.17) is 0 Å². The molecule has 26 heavy (non-hydrogen) atoms. The Kier molecular flexibility index (Phi) is 4.53. The molecule has 4 rings (SSSR count). The highest BCUT2D eigenvalue weighted by Crippen LogP contribution is 2.34. The third-order valence-electron chi connectivity index (χ3n) is 5.35. The van der Waals surface area contributed by atoms with Crippen molar-refractivity contribution in [1.29, 1.82) is 0 Å². The van der Waals surface area contributed by atoms with E-state index in [9.17, 15) is 9.59 Å². The molecule has 1 saturated carbocycles. The summed E-state index contributed by atoms with van der Waals surface area (Å²) < 4.78 is 2.22. The van der Waals surface area contributed by atoms with Crippen LogP contribution in [0.3, 0.4) is 0 Å². The van der Waals surface area contributed by atoms with Crippen LogP contribution >= 0.6 is 0 Å². The Morgan fingerprint density at radius 3 is 2.65 bits per heavy atom. The molecule has 5 nitrogen and oxygen atoms in total. The van der Waals surface area contributed by atoms with E-state index in [1.54, 1.807) is 0 Å². The molecule has 1 aliphatic heterocycles. The second kappa shape index (κ2) is 6.98. The van der Waals surface area contributed by atoms with Crippen LogP contribution in [0.1, 0.15) is 48.5 Å². The van der Waals surface area contributed by atoms with E-state index in [0.717, 1.165) is 30.6 Å². The normalized spacial score (nSPS) is 19.1. The van der Waals surface area contributed by atoms with Crippen molar-refractivity contribution in [2.75, 3.05) is 6.54 Å². The lowest BCUT2D eigenvalue weighted by atomic mass is 9.95. The van der Waals surface area contributed by atoms with Crippen LogP contribution in [-0.4, -0.2) is 33.9 Å². The highest BCUT2D eigenvalue weighted by molar-refractivity contribution is 5.84. The fourth-order valence-electron chi connectivity index (χ4n) is 3.76. The number of amides is 2. The average molecular weight is 351 g/mol. The standard InChI is InChI=1S/C21H25N3O2/c1-15-5-2-3-6-17(15)21-18-7-4-12-23(18)13-14-24(21)20(26)11-10-19(25)22-16-8-9-16/h2-7,12,16,21H,8-11,13-14H2,1H3,(H,22,25). The number of aryl methyl sites for hydroxylation is 1. The monoisotopic (exact) mass is 351 g/mol. The Hall–Kier alpha value is -2.56. The topological polar surface area (TPSA) is 54.3 Å². The highest BCUT2D eigenvalue weighted by Gasteiger charge is 2.33. The fourth-order valence-corrected chi connectivity index (χ4v) is 3.76. The molecule has 136 valence electrons. The molecule has 2 aliphatic rings. The van der Waals surface area contributed by atoms with Gasteiger partial charge in [-0.25, -0.2) is 0 Å². The molecule has 1 aromatic heterocycles. The van der Waals surface area contributed by atoms with Gasteiger partial charge in [0, 0.05) is 43.9 Å². The van der Waals surface area contributed by atoms with E-state index in [2.05, 4.69) is 41.2 Å². The maximum absolute atomic E-state index is 13.0. The maximum atomic E-state index is 13.0. The average Bonchev–Trinajstić information content (AvgIpc) is 3.31. The number of rotatable bonds is 5. The van der Waals surface area contributed by atoms with E-state index < -0.39 is 0 Å². The van der Waals surface area contributed by atoms with Gasteiger partial charge in [-0.3, -0.25) is 9.59 Å². The van der Waals surface area contributed by atoms with Gasteiger partial charge in [-0.15, -0.1) is 0 Å². The van der Waals surface area contributed by atoms with Crippen molar-refractivity contribution in [2.24, 2.45) is 0 Å². The summed E-state index contributed by atoms with van der Waals surface area (Å²) >= 11 is 0. The minimum Gasteiger partial charge on any atom is -0.353 e. The second-order valence-corrected chi connectivity index (χ2v) is 7.31. The van der Waals surface area contributed by atoms with Gasteiger partial charge in [0.15, 0.2) is 0 Å². The Morgan fingerprint density at radius 1 is 1.08 bits per heavy atom. The molecule has 0 spiro atoms. The molecule has 1 unspecified atom stereocenters. The van der Waals surface area contributed by atoms with Gasteiger partial charge in [0.25, 0.3) is 0 Å². The van der Waals surface area contributed by atoms with Gasteiger partial charge in [-0.1, -0.05) is 24.3 Å². The highest BCUT2D eigenvalue weighted by atomic mass is 16.2. The first-order valence-corrected chi connectivity index (χ1v) is 9.43. The van der Waals surface area contributed by atoms with E-state index in [0.29, 0.717) is 12.6 Å². The quantitative estimate of drug-likeness (QED) is 0.901. The van der Waals surface area contributed by atoms with Crippen LogP contribution in [0, 0.1) is 6.92 Å². The van der Waals surface area contributed by atoms with E-state index in [1.165, 1.54) is 5.56 Å². The SMILES string of the molecule is Cc1ccccc1C1c2cccn2CCN1C(=O)CCC(=O)NC1CC1. The first kappa shape index (κ1) is 16.9. The number of nitrogens with one attached hydrogen (secondary N) is 1. The number of carbonyl (C=O) groups is 2. The first-order valence-electron chi connectivity index (χ1n) is 9.43. The molecular formula is C21H25N3O2. The molecule has 2 aromatic rings. The summed E-state index contributed by atoms with van der Waals surface area (Å²) in [6, 6.07) is 12.6. The van der Waals surface area contributed by atoms with Gasteiger partial charge >= 0.3 is 0 Å². The van der Waals surface area contributed by atoms with Crippen molar-refractivity contribution >= 4 is 11.8 Å². The molecule has 1 fully saturated rings. The van der Waals surface area contributed by atoms with Crippen molar-refractivity contribution < 1.29 is 9.59 Å². The summed E-state index contributed by atoms with van der Waals surface area (Å²) in [5, 5.41) is 2.96. The number of hydrogen-bond donors (Lipinski definition) is 1. The summed E-state index contributed by atoms with van der Waals surface area (Å²) in [4.78, 5) is 26.9. The molecule has 1 aliphatic carbocycles. The number of aromatic nitrogens is 1. The van der Waals surface area contributed by atoms with Crippen LogP contribution < -0.4 is 5.32 Å². The van der Waals surface area contributed by atoms with Gasteiger partial charge in [0.2, 0.25) is 11.8 Å². The molecule has 1 N–H and O–H groups in total. The lowest BCUT2D eigenvalue weighted by Crippen LogP contribution is -2.43. The minimum atomic E-state index is -0.0843. The Bertz CT molecular complexity index is 822. The lowest BCUT2D eigenvalue weighted by molar-refractivity contribution is -0.136. The number of hydrogen-bond acceptors (Lipinski definition) is 2. The van der Waals surface area contributed by atoms with Crippen molar-refractivity contribution in [3.63, 3.8) is 0 Å². The number of nitrogens with zero attached hydrogens (tertiary/aromatic N) is 2. The minimum absolute atomic E-state index is 0.00586. The molecular weight excluding hydrogens is 326 g/mol. The van der Waals surface area contributed by atoms with Crippen molar-refractivity contribution in [2.45, 2.75) is 51.2 Å². The summed E-state index contributed by atoms with van der Waals surface area (Å²) in [7, 11) is 0. The van der Waals surface area contributed by atoms with Crippen molar-refractivity contribution in [1.82, 2.24) is 14.8 Å². The lowest BCUT2D eigenvalue weighted by Gasteiger charge is -2.38. The zero-order chi connectivity index (χ0) is 18.1. The number of benzene rings is 1. The zero-order valence-electron chi connectivity index (χ0n) is 15.1. The predicted octanol–water partition coefficient (Wildman–Crippen LogP) is 2.79. The largest absolute Gasteiger partial charge is 0.353 e. The fraction of sp³-hybridized carbons (Fsp3) is 0.429. The molecule has 5 heteroatoms. The van der Waals surface area contributed by atoms with Crippen LogP contribution in [0.15, 0.2) is 42.6 Å². The molecule has 1 atom stereocenters. The molecule has 2 amide bonds.